The van der Waals surface area contributed by atoms with E-state index < -0.39 is 5.54 Å². The van der Waals surface area contributed by atoms with Gasteiger partial charge in [-0.15, -0.1) is 12.4 Å². The van der Waals surface area contributed by atoms with Crippen molar-refractivity contribution in [3.05, 3.63) is 29.8 Å². The number of hydrogen-bond donors (Lipinski definition) is 2. The second-order valence-electron chi connectivity index (χ2n) is 7.17. The fraction of sp³-hybridized carbons (Fsp3) is 0.632. The summed E-state index contributed by atoms with van der Waals surface area (Å²) in [6, 6.07) is 8.17. The molecule has 2 fully saturated rings. The molecule has 3 N–H and O–H groups in total. The molecule has 0 aromatic heterocycles. The zero-order valence-corrected chi connectivity index (χ0v) is 15.7. The third kappa shape index (κ3) is 4.27. The molecule has 0 atom stereocenters. The van der Waals surface area contributed by atoms with Gasteiger partial charge in [0.2, 0.25) is 5.91 Å². The van der Waals surface area contributed by atoms with Crippen molar-refractivity contribution in [1.82, 2.24) is 5.32 Å². The van der Waals surface area contributed by atoms with Crippen LogP contribution in [0.4, 0.5) is 0 Å². The van der Waals surface area contributed by atoms with Crippen LogP contribution in [0.2, 0.25) is 0 Å². The van der Waals surface area contributed by atoms with Crippen molar-refractivity contribution in [2.45, 2.75) is 49.5 Å². The van der Waals surface area contributed by atoms with Gasteiger partial charge in [0.15, 0.2) is 0 Å². The molecule has 25 heavy (non-hydrogen) atoms. The number of halogens is 1. The average Bonchev–Trinajstić information content (AvgIpc) is 3.08. The lowest BCUT2D eigenvalue weighted by Crippen LogP contribution is -2.55. The molecule has 0 spiro atoms. The standard InChI is InChI=1S/C19H28N2O3.ClH/c1-23-16-6-4-15(5-7-16)18(10-12-24-13-11-18)14-21-17(22)19(20)8-2-3-9-19;/h4-7H,2-3,8-14,20H2,1H3,(H,21,22);1H. The van der Waals surface area contributed by atoms with Crippen LogP contribution in [0.1, 0.15) is 44.1 Å². The Bertz CT molecular complexity index is 565. The van der Waals surface area contributed by atoms with Crippen molar-refractivity contribution in [2.75, 3.05) is 26.9 Å². The maximum atomic E-state index is 12.6. The minimum Gasteiger partial charge on any atom is -0.497 e. The number of carbonyl (C=O) groups is 1. The van der Waals surface area contributed by atoms with E-state index in [9.17, 15) is 4.79 Å². The predicted octanol–water partition coefficient (Wildman–Crippen LogP) is 2.55. The van der Waals surface area contributed by atoms with Gasteiger partial charge < -0.3 is 20.5 Å². The normalized spacial score (nSPS) is 21.2. The lowest BCUT2D eigenvalue weighted by Gasteiger charge is -2.38. The van der Waals surface area contributed by atoms with Gasteiger partial charge in [0.1, 0.15) is 5.75 Å². The van der Waals surface area contributed by atoms with E-state index in [-0.39, 0.29) is 23.7 Å². The topological polar surface area (TPSA) is 73.6 Å². The van der Waals surface area contributed by atoms with Gasteiger partial charge in [-0.3, -0.25) is 4.79 Å². The summed E-state index contributed by atoms with van der Waals surface area (Å²) in [6.07, 6.45) is 5.46. The van der Waals surface area contributed by atoms with Crippen molar-refractivity contribution in [2.24, 2.45) is 5.73 Å². The first-order valence-corrected chi connectivity index (χ1v) is 8.88. The maximum absolute atomic E-state index is 12.6. The molecule has 1 aliphatic heterocycles. The molecule has 1 saturated carbocycles. The van der Waals surface area contributed by atoms with Crippen molar-refractivity contribution >= 4 is 18.3 Å². The fourth-order valence-corrected chi connectivity index (χ4v) is 3.93. The monoisotopic (exact) mass is 368 g/mol. The minimum absolute atomic E-state index is 0. The number of carbonyl (C=O) groups excluding carboxylic acids is 1. The summed E-state index contributed by atoms with van der Waals surface area (Å²) >= 11 is 0. The number of methoxy groups -OCH3 is 1. The molecule has 0 radical (unpaired) electrons. The van der Waals surface area contributed by atoms with E-state index in [1.807, 2.05) is 12.1 Å². The highest BCUT2D eigenvalue weighted by atomic mass is 35.5. The van der Waals surface area contributed by atoms with E-state index >= 15 is 0 Å². The van der Waals surface area contributed by atoms with Crippen LogP contribution in [0.3, 0.4) is 0 Å². The van der Waals surface area contributed by atoms with Gasteiger partial charge in [0.25, 0.3) is 0 Å². The summed E-state index contributed by atoms with van der Waals surface area (Å²) < 4.78 is 10.8. The molecule has 140 valence electrons. The molecule has 0 unspecified atom stereocenters. The second-order valence-corrected chi connectivity index (χ2v) is 7.17. The van der Waals surface area contributed by atoms with Crippen LogP contribution in [-0.2, 0) is 14.9 Å². The zero-order chi connectivity index (χ0) is 17.0. The SMILES string of the molecule is COc1ccc(C2(CNC(=O)C3(N)CCCC3)CCOCC2)cc1.Cl. The Kier molecular flexibility index (Phi) is 6.72. The van der Waals surface area contributed by atoms with Crippen LogP contribution in [0.25, 0.3) is 0 Å². The zero-order valence-electron chi connectivity index (χ0n) is 14.9. The van der Waals surface area contributed by atoms with E-state index in [4.69, 9.17) is 15.2 Å². The molecule has 1 saturated heterocycles. The van der Waals surface area contributed by atoms with Crippen LogP contribution in [0.5, 0.6) is 5.75 Å². The average molecular weight is 369 g/mol. The van der Waals surface area contributed by atoms with Gasteiger partial charge in [0, 0.05) is 25.2 Å². The Morgan fingerprint density at radius 1 is 1.16 bits per heavy atom. The second kappa shape index (κ2) is 8.39. The first-order chi connectivity index (χ1) is 11.6. The summed E-state index contributed by atoms with van der Waals surface area (Å²) in [4.78, 5) is 12.6. The van der Waals surface area contributed by atoms with Gasteiger partial charge >= 0.3 is 0 Å². The number of rotatable bonds is 5. The molecule has 0 bridgehead atoms. The third-order valence-corrected chi connectivity index (χ3v) is 5.69. The van der Waals surface area contributed by atoms with E-state index in [0.29, 0.717) is 6.54 Å². The molecule has 2 aliphatic rings. The quantitative estimate of drug-likeness (QED) is 0.837. The van der Waals surface area contributed by atoms with Gasteiger partial charge in [-0.05, 0) is 43.4 Å². The van der Waals surface area contributed by atoms with E-state index in [1.165, 1.54) is 5.56 Å². The Labute approximate surface area is 156 Å². The predicted molar refractivity (Wildman–Crippen MR) is 100 cm³/mol. The van der Waals surface area contributed by atoms with Crippen molar-refractivity contribution < 1.29 is 14.3 Å². The number of ether oxygens (including phenoxy) is 2. The molecule has 1 aromatic carbocycles. The molecule has 1 heterocycles. The van der Waals surface area contributed by atoms with Crippen molar-refractivity contribution in [3.8, 4) is 5.75 Å². The molecular formula is C19H29ClN2O3. The highest BCUT2D eigenvalue weighted by molar-refractivity contribution is 5.86. The van der Waals surface area contributed by atoms with Crippen LogP contribution in [0, 0.1) is 0 Å². The first-order valence-electron chi connectivity index (χ1n) is 8.88. The number of benzene rings is 1. The molecule has 1 amide bonds. The summed E-state index contributed by atoms with van der Waals surface area (Å²) in [5.41, 5.74) is 6.75. The van der Waals surface area contributed by atoms with Crippen LogP contribution in [-0.4, -0.2) is 38.3 Å². The summed E-state index contributed by atoms with van der Waals surface area (Å²) in [5, 5.41) is 3.15. The van der Waals surface area contributed by atoms with Gasteiger partial charge in [0.05, 0.1) is 12.6 Å². The van der Waals surface area contributed by atoms with E-state index in [0.717, 1.165) is 57.5 Å². The van der Waals surface area contributed by atoms with Crippen LogP contribution < -0.4 is 15.8 Å². The lowest BCUT2D eigenvalue weighted by atomic mass is 9.74. The molecule has 3 rings (SSSR count). The van der Waals surface area contributed by atoms with Crippen LogP contribution in [0.15, 0.2) is 24.3 Å². The number of nitrogens with two attached hydrogens (primary N) is 1. The van der Waals surface area contributed by atoms with Gasteiger partial charge in [-0.2, -0.15) is 0 Å². The summed E-state index contributed by atoms with van der Waals surface area (Å²) in [5.74, 6) is 0.844. The molecule has 6 heteroatoms. The smallest absolute Gasteiger partial charge is 0.240 e. The Balaban J connectivity index is 0.00000225. The number of amides is 1. The molecular weight excluding hydrogens is 340 g/mol. The molecule has 1 aliphatic carbocycles. The fourth-order valence-electron chi connectivity index (χ4n) is 3.93. The maximum Gasteiger partial charge on any atom is 0.240 e. The number of nitrogens with one attached hydrogen (secondary N) is 1. The van der Waals surface area contributed by atoms with E-state index in [2.05, 4.69) is 17.4 Å². The highest BCUT2D eigenvalue weighted by Crippen LogP contribution is 2.35. The largest absolute Gasteiger partial charge is 0.497 e. The first kappa shape index (κ1) is 20.0. The lowest BCUT2D eigenvalue weighted by molar-refractivity contribution is -0.126. The highest BCUT2D eigenvalue weighted by Gasteiger charge is 2.40. The van der Waals surface area contributed by atoms with E-state index in [1.54, 1.807) is 7.11 Å². The molecule has 5 nitrogen and oxygen atoms in total. The van der Waals surface area contributed by atoms with Crippen molar-refractivity contribution in [3.63, 3.8) is 0 Å². The molecule has 1 aromatic rings. The Morgan fingerprint density at radius 3 is 2.32 bits per heavy atom. The Hall–Kier alpha value is -1.30. The number of hydrogen-bond acceptors (Lipinski definition) is 4. The third-order valence-electron chi connectivity index (χ3n) is 5.69. The summed E-state index contributed by atoms with van der Waals surface area (Å²) in [7, 11) is 1.67. The van der Waals surface area contributed by atoms with Crippen molar-refractivity contribution in [1.29, 1.82) is 0 Å². The Morgan fingerprint density at radius 2 is 1.76 bits per heavy atom. The van der Waals surface area contributed by atoms with Gasteiger partial charge in [-0.1, -0.05) is 25.0 Å². The van der Waals surface area contributed by atoms with Crippen LogP contribution >= 0.6 is 12.4 Å². The van der Waals surface area contributed by atoms with Gasteiger partial charge in [-0.25, -0.2) is 0 Å². The minimum atomic E-state index is -0.674. The summed E-state index contributed by atoms with van der Waals surface area (Å²) in [6.45, 7) is 2.05.